The smallest absolute Gasteiger partial charge is 0.390 e. The van der Waals surface area contributed by atoms with Gasteiger partial charge >= 0.3 is 6.18 Å². The van der Waals surface area contributed by atoms with E-state index in [0.717, 1.165) is 6.07 Å². The number of nitrogens with two attached hydrogens (primary N) is 1. The van der Waals surface area contributed by atoms with Crippen LogP contribution in [0.1, 0.15) is 18.0 Å². The van der Waals surface area contributed by atoms with E-state index in [-0.39, 0.29) is 23.7 Å². The highest BCUT2D eigenvalue weighted by Crippen LogP contribution is 2.33. The molecule has 7 heteroatoms. The molecule has 98 valence electrons. The topological polar surface area (TPSA) is 35.2 Å². The number of ether oxygens (including phenoxy) is 1. The monoisotopic (exact) mass is 273 g/mol. The maximum atomic E-state index is 13.2. The molecule has 0 unspecified atom stereocenters. The molecular formula is C10H12ClF4NO. The molecule has 0 aliphatic rings. The second-order valence-corrected chi connectivity index (χ2v) is 3.29. The van der Waals surface area contributed by atoms with Crippen LogP contribution in [-0.2, 0) is 0 Å². The van der Waals surface area contributed by atoms with E-state index < -0.39 is 24.5 Å². The lowest BCUT2D eigenvalue weighted by molar-refractivity contribution is -0.138. The van der Waals surface area contributed by atoms with Crippen LogP contribution in [0.15, 0.2) is 18.2 Å². The number of hydrogen-bond donors (Lipinski definition) is 1. The van der Waals surface area contributed by atoms with Gasteiger partial charge in [-0.2, -0.15) is 13.2 Å². The Bertz CT molecular complexity index is 370. The first kappa shape index (κ1) is 16.0. The van der Waals surface area contributed by atoms with Crippen molar-refractivity contribution in [2.45, 2.75) is 18.6 Å². The molecule has 0 radical (unpaired) electrons. The van der Waals surface area contributed by atoms with Crippen molar-refractivity contribution in [3.05, 3.63) is 29.6 Å². The standard InChI is InChI=1S/C10H11F4NO.ClH/c1-16-9-6(3-2-4-7(9)11)8(15)5-10(12,13)14;/h2-4,8H,5,15H2,1H3;1H/t8-;/m1./s1. The maximum Gasteiger partial charge on any atom is 0.390 e. The van der Waals surface area contributed by atoms with Gasteiger partial charge in [-0.3, -0.25) is 0 Å². The van der Waals surface area contributed by atoms with E-state index in [1.807, 2.05) is 0 Å². The fourth-order valence-corrected chi connectivity index (χ4v) is 1.39. The van der Waals surface area contributed by atoms with Gasteiger partial charge in [-0.25, -0.2) is 4.39 Å². The summed E-state index contributed by atoms with van der Waals surface area (Å²) in [4.78, 5) is 0. The van der Waals surface area contributed by atoms with Crippen molar-refractivity contribution in [1.29, 1.82) is 0 Å². The summed E-state index contributed by atoms with van der Waals surface area (Å²) in [6.45, 7) is 0. The van der Waals surface area contributed by atoms with Crippen molar-refractivity contribution in [3.8, 4) is 5.75 Å². The van der Waals surface area contributed by atoms with Crippen molar-refractivity contribution in [2.75, 3.05) is 7.11 Å². The SMILES string of the molecule is COc1c(F)cccc1[C@H](N)CC(F)(F)F.Cl. The van der Waals surface area contributed by atoms with Crippen LogP contribution in [0.2, 0.25) is 0 Å². The predicted molar refractivity (Wildman–Crippen MR) is 57.8 cm³/mol. The minimum Gasteiger partial charge on any atom is -0.493 e. The Kier molecular flexibility index (Phi) is 5.71. The van der Waals surface area contributed by atoms with Crippen molar-refractivity contribution in [2.24, 2.45) is 5.73 Å². The molecule has 0 aliphatic carbocycles. The van der Waals surface area contributed by atoms with Crippen LogP contribution in [0.5, 0.6) is 5.75 Å². The molecule has 0 aromatic heterocycles. The second kappa shape index (κ2) is 6.07. The second-order valence-electron chi connectivity index (χ2n) is 3.29. The Morgan fingerprint density at radius 2 is 1.94 bits per heavy atom. The molecule has 0 fully saturated rings. The van der Waals surface area contributed by atoms with Gasteiger partial charge < -0.3 is 10.5 Å². The summed E-state index contributed by atoms with van der Waals surface area (Å²) in [6.07, 6.45) is -5.61. The van der Waals surface area contributed by atoms with Crippen LogP contribution in [0, 0.1) is 5.82 Å². The molecule has 17 heavy (non-hydrogen) atoms. The van der Waals surface area contributed by atoms with Crippen molar-refractivity contribution in [1.82, 2.24) is 0 Å². The molecule has 1 aromatic carbocycles. The van der Waals surface area contributed by atoms with Crippen LogP contribution in [0.3, 0.4) is 0 Å². The number of methoxy groups -OCH3 is 1. The Hall–Kier alpha value is -1.01. The largest absolute Gasteiger partial charge is 0.493 e. The van der Waals surface area contributed by atoms with Gasteiger partial charge in [-0.1, -0.05) is 12.1 Å². The van der Waals surface area contributed by atoms with E-state index in [9.17, 15) is 17.6 Å². The Morgan fingerprint density at radius 1 is 1.35 bits per heavy atom. The Labute approximate surface area is 102 Å². The molecule has 0 saturated heterocycles. The molecule has 0 heterocycles. The third-order valence-corrected chi connectivity index (χ3v) is 2.05. The number of halogens is 5. The van der Waals surface area contributed by atoms with E-state index in [0.29, 0.717) is 0 Å². The van der Waals surface area contributed by atoms with Gasteiger partial charge in [0.2, 0.25) is 0 Å². The highest BCUT2D eigenvalue weighted by molar-refractivity contribution is 5.85. The zero-order valence-corrected chi connectivity index (χ0v) is 9.74. The normalized spacial score (nSPS) is 12.8. The van der Waals surface area contributed by atoms with Gasteiger partial charge in [0.15, 0.2) is 11.6 Å². The first-order chi connectivity index (χ1) is 7.35. The van der Waals surface area contributed by atoms with E-state index in [4.69, 9.17) is 5.73 Å². The highest BCUT2D eigenvalue weighted by Gasteiger charge is 2.32. The minimum absolute atomic E-state index is 0. The molecule has 1 aromatic rings. The molecule has 1 rings (SSSR count). The lowest BCUT2D eigenvalue weighted by Crippen LogP contribution is -2.21. The van der Waals surface area contributed by atoms with E-state index in [1.165, 1.54) is 19.2 Å². The summed E-state index contributed by atoms with van der Waals surface area (Å²) in [6, 6.07) is 2.38. The summed E-state index contributed by atoms with van der Waals surface area (Å²) in [5.41, 5.74) is 5.37. The third kappa shape index (κ3) is 4.40. The van der Waals surface area contributed by atoms with Crippen LogP contribution in [0.25, 0.3) is 0 Å². The van der Waals surface area contributed by atoms with Crippen molar-refractivity contribution < 1.29 is 22.3 Å². The van der Waals surface area contributed by atoms with Crippen molar-refractivity contribution in [3.63, 3.8) is 0 Å². The maximum absolute atomic E-state index is 13.2. The lowest BCUT2D eigenvalue weighted by Gasteiger charge is -2.17. The van der Waals surface area contributed by atoms with E-state index in [1.54, 1.807) is 0 Å². The molecule has 0 saturated carbocycles. The minimum atomic E-state index is -4.39. The molecule has 0 bridgehead atoms. The zero-order valence-electron chi connectivity index (χ0n) is 8.92. The Balaban J connectivity index is 0.00000256. The fraction of sp³-hybridized carbons (Fsp3) is 0.400. The van der Waals surface area contributed by atoms with Gasteiger partial charge in [0.1, 0.15) is 0 Å². The molecule has 2 N–H and O–H groups in total. The van der Waals surface area contributed by atoms with Crippen molar-refractivity contribution >= 4 is 12.4 Å². The molecular weight excluding hydrogens is 262 g/mol. The zero-order chi connectivity index (χ0) is 12.3. The fourth-order valence-electron chi connectivity index (χ4n) is 1.39. The summed E-state index contributed by atoms with van der Waals surface area (Å²) in [5, 5.41) is 0. The van der Waals surface area contributed by atoms with Gasteiger partial charge in [-0.15, -0.1) is 12.4 Å². The number of rotatable bonds is 3. The molecule has 0 spiro atoms. The highest BCUT2D eigenvalue weighted by atomic mass is 35.5. The lowest BCUT2D eigenvalue weighted by atomic mass is 10.0. The quantitative estimate of drug-likeness (QED) is 0.859. The summed E-state index contributed by atoms with van der Waals surface area (Å²) in [7, 11) is 1.18. The van der Waals surface area contributed by atoms with Gasteiger partial charge in [0, 0.05) is 11.6 Å². The van der Waals surface area contributed by atoms with E-state index in [2.05, 4.69) is 4.74 Å². The number of alkyl halides is 3. The predicted octanol–water partition coefficient (Wildman–Crippen LogP) is 3.21. The Morgan fingerprint density at radius 3 is 2.41 bits per heavy atom. The first-order valence-electron chi connectivity index (χ1n) is 4.50. The van der Waals surface area contributed by atoms with Gasteiger partial charge in [0.05, 0.1) is 13.5 Å². The summed E-state index contributed by atoms with van der Waals surface area (Å²) < 4.78 is 54.2. The number of benzene rings is 1. The van der Waals surface area contributed by atoms with Crippen LogP contribution in [-0.4, -0.2) is 13.3 Å². The van der Waals surface area contributed by atoms with Gasteiger partial charge in [-0.05, 0) is 6.07 Å². The molecule has 0 amide bonds. The van der Waals surface area contributed by atoms with Crippen LogP contribution < -0.4 is 10.5 Å². The number of para-hydroxylation sites is 1. The summed E-state index contributed by atoms with van der Waals surface area (Å²) >= 11 is 0. The average Bonchev–Trinajstić information content (AvgIpc) is 2.14. The molecule has 0 aliphatic heterocycles. The molecule has 2 nitrogen and oxygen atoms in total. The summed E-state index contributed by atoms with van der Waals surface area (Å²) in [5.74, 6) is -0.961. The number of hydrogen-bond acceptors (Lipinski definition) is 2. The van der Waals surface area contributed by atoms with Crippen LogP contribution in [0.4, 0.5) is 17.6 Å². The first-order valence-corrected chi connectivity index (χ1v) is 4.50. The van der Waals surface area contributed by atoms with Gasteiger partial charge in [0.25, 0.3) is 0 Å². The van der Waals surface area contributed by atoms with Crippen LogP contribution >= 0.6 is 12.4 Å². The average molecular weight is 274 g/mol. The third-order valence-electron chi connectivity index (χ3n) is 2.05. The molecule has 1 atom stereocenters. The van der Waals surface area contributed by atoms with E-state index >= 15 is 0 Å².